The lowest BCUT2D eigenvalue weighted by molar-refractivity contribution is 0.165. The van der Waals surface area contributed by atoms with Crippen LogP contribution in [0.5, 0.6) is 0 Å². The van der Waals surface area contributed by atoms with E-state index in [1.165, 1.54) is 12.1 Å². The average molecular weight is 473 g/mol. The van der Waals surface area contributed by atoms with E-state index in [0.717, 1.165) is 56.2 Å². The Morgan fingerprint density at radius 1 is 1.21 bits per heavy atom. The van der Waals surface area contributed by atoms with Crippen molar-refractivity contribution in [3.05, 3.63) is 41.3 Å². The third kappa shape index (κ3) is 6.09. The Labute approximate surface area is 203 Å². The first-order valence-corrected chi connectivity index (χ1v) is 12.4. The second-order valence-electron chi connectivity index (χ2n) is 10.3. The third-order valence-electron chi connectivity index (χ3n) is 6.52. The zero-order chi connectivity index (χ0) is 25.0. The first-order chi connectivity index (χ1) is 16.0. The summed E-state index contributed by atoms with van der Waals surface area (Å²) in [6.07, 6.45) is 0.846. The van der Waals surface area contributed by atoms with Gasteiger partial charge in [0.1, 0.15) is 11.6 Å². The molecule has 188 valence electrons. The molecule has 1 saturated heterocycles. The van der Waals surface area contributed by atoms with Crippen molar-refractivity contribution < 1.29 is 9.18 Å². The molecule has 2 heterocycles. The lowest BCUT2D eigenvalue weighted by atomic mass is 10.1. The molecule has 1 aromatic heterocycles. The standard InChI is InChI=1S/C26H41FN6O/c1-8-19(3)32(25(34)28-26(5,6)7)18-23-20(4)29-33(22-12-10-11-21(27)17-22)24(23)31-15-13-30(9-2)14-16-31/h10-12,17,19H,8-9,13-16,18H2,1-7H3,(H,28,34). The molecule has 1 aromatic carbocycles. The smallest absolute Gasteiger partial charge is 0.318 e. The molecule has 1 fully saturated rings. The lowest BCUT2D eigenvalue weighted by Crippen LogP contribution is -2.51. The highest BCUT2D eigenvalue weighted by molar-refractivity contribution is 5.75. The number of anilines is 1. The number of aromatic nitrogens is 2. The number of carbonyl (C=O) groups excluding carboxylic acids is 1. The maximum absolute atomic E-state index is 14.1. The number of nitrogens with zero attached hydrogens (tertiary/aromatic N) is 5. The van der Waals surface area contributed by atoms with Gasteiger partial charge in [-0.2, -0.15) is 5.10 Å². The Bertz CT molecular complexity index is 974. The summed E-state index contributed by atoms with van der Waals surface area (Å²) in [6.45, 7) is 19.4. The van der Waals surface area contributed by atoms with E-state index in [1.807, 2.05) is 43.3 Å². The van der Waals surface area contributed by atoms with Gasteiger partial charge >= 0.3 is 6.03 Å². The quantitative estimate of drug-likeness (QED) is 0.641. The minimum Gasteiger partial charge on any atom is -0.354 e. The van der Waals surface area contributed by atoms with Crippen LogP contribution in [-0.2, 0) is 6.54 Å². The second kappa shape index (κ2) is 10.8. The van der Waals surface area contributed by atoms with Gasteiger partial charge in [0.25, 0.3) is 0 Å². The number of benzene rings is 1. The number of nitrogens with one attached hydrogen (secondary N) is 1. The molecule has 0 radical (unpaired) electrons. The Balaban J connectivity index is 2.05. The lowest BCUT2D eigenvalue weighted by Gasteiger charge is -2.37. The molecule has 0 bridgehead atoms. The van der Waals surface area contributed by atoms with Crippen molar-refractivity contribution in [3.8, 4) is 5.69 Å². The molecule has 0 saturated carbocycles. The van der Waals surface area contributed by atoms with Crippen molar-refractivity contribution in [1.82, 2.24) is 24.9 Å². The predicted molar refractivity (Wildman–Crippen MR) is 136 cm³/mol. The molecule has 1 N–H and O–H groups in total. The fourth-order valence-corrected chi connectivity index (χ4v) is 4.33. The molecule has 1 atom stereocenters. The van der Waals surface area contributed by atoms with E-state index in [2.05, 4.69) is 35.9 Å². The minimum atomic E-state index is -0.330. The maximum Gasteiger partial charge on any atom is 0.318 e. The van der Waals surface area contributed by atoms with Crippen LogP contribution in [0.4, 0.5) is 15.0 Å². The van der Waals surface area contributed by atoms with E-state index in [1.54, 1.807) is 6.07 Å². The fraction of sp³-hybridized carbons (Fsp3) is 0.615. The fourth-order valence-electron chi connectivity index (χ4n) is 4.33. The SMILES string of the molecule is CCC(C)N(Cc1c(C)nn(-c2cccc(F)c2)c1N1CCN(CC)CC1)C(=O)NC(C)(C)C. The van der Waals surface area contributed by atoms with E-state index in [-0.39, 0.29) is 23.4 Å². The van der Waals surface area contributed by atoms with Crippen LogP contribution in [-0.4, -0.2) is 69.9 Å². The average Bonchev–Trinajstić information content (AvgIpc) is 3.11. The highest BCUT2D eigenvalue weighted by Gasteiger charge is 2.30. The second-order valence-corrected chi connectivity index (χ2v) is 10.3. The summed E-state index contributed by atoms with van der Waals surface area (Å²) >= 11 is 0. The van der Waals surface area contributed by atoms with Gasteiger partial charge in [0.05, 0.1) is 17.9 Å². The van der Waals surface area contributed by atoms with E-state index in [0.29, 0.717) is 12.2 Å². The van der Waals surface area contributed by atoms with Crippen LogP contribution in [0.15, 0.2) is 24.3 Å². The Morgan fingerprint density at radius 3 is 2.44 bits per heavy atom. The number of urea groups is 1. The normalized spacial score (nSPS) is 15.9. The zero-order valence-corrected chi connectivity index (χ0v) is 21.9. The number of rotatable bonds is 7. The number of hydrogen-bond acceptors (Lipinski definition) is 4. The van der Waals surface area contributed by atoms with E-state index in [4.69, 9.17) is 5.10 Å². The first-order valence-electron chi connectivity index (χ1n) is 12.4. The van der Waals surface area contributed by atoms with Crippen LogP contribution in [0.25, 0.3) is 5.69 Å². The molecule has 8 heteroatoms. The number of amides is 2. The molecule has 0 aliphatic carbocycles. The molecule has 1 unspecified atom stereocenters. The molecule has 1 aliphatic heterocycles. The number of halogens is 1. The Morgan fingerprint density at radius 2 is 1.88 bits per heavy atom. The van der Waals surface area contributed by atoms with Crippen LogP contribution < -0.4 is 10.2 Å². The van der Waals surface area contributed by atoms with Gasteiger partial charge in [0.15, 0.2) is 0 Å². The molecule has 34 heavy (non-hydrogen) atoms. The summed E-state index contributed by atoms with van der Waals surface area (Å²) in [6, 6.07) is 6.53. The minimum absolute atomic E-state index is 0.0593. The van der Waals surface area contributed by atoms with Gasteiger partial charge < -0.3 is 20.0 Å². The predicted octanol–water partition coefficient (Wildman–Crippen LogP) is 4.57. The van der Waals surface area contributed by atoms with Gasteiger partial charge in [-0.25, -0.2) is 13.9 Å². The summed E-state index contributed by atoms with van der Waals surface area (Å²) in [4.78, 5) is 19.9. The van der Waals surface area contributed by atoms with E-state index >= 15 is 0 Å². The number of aryl methyl sites for hydroxylation is 1. The monoisotopic (exact) mass is 472 g/mol. The van der Waals surface area contributed by atoms with Crippen LogP contribution in [0.3, 0.4) is 0 Å². The topological polar surface area (TPSA) is 56.6 Å². The zero-order valence-electron chi connectivity index (χ0n) is 21.9. The Hall–Kier alpha value is -2.61. The molecule has 1 aliphatic rings. The summed E-state index contributed by atoms with van der Waals surface area (Å²) < 4.78 is 16.0. The van der Waals surface area contributed by atoms with Crippen LogP contribution in [0.2, 0.25) is 0 Å². The van der Waals surface area contributed by atoms with Crippen molar-refractivity contribution in [2.24, 2.45) is 0 Å². The summed E-state index contributed by atoms with van der Waals surface area (Å²) in [5.41, 5.74) is 2.23. The number of hydrogen-bond donors (Lipinski definition) is 1. The van der Waals surface area contributed by atoms with Crippen molar-refractivity contribution in [1.29, 1.82) is 0 Å². The summed E-state index contributed by atoms with van der Waals surface area (Å²) in [7, 11) is 0. The molecule has 2 amide bonds. The third-order valence-corrected chi connectivity index (χ3v) is 6.52. The summed E-state index contributed by atoms with van der Waals surface area (Å²) in [5, 5.41) is 7.97. The maximum atomic E-state index is 14.1. The van der Waals surface area contributed by atoms with Crippen LogP contribution in [0.1, 0.15) is 59.2 Å². The number of piperazine rings is 1. The van der Waals surface area contributed by atoms with Gasteiger partial charge in [0.2, 0.25) is 0 Å². The number of likely N-dealkylation sites (N-methyl/N-ethyl adjacent to an activating group) is 1. The molecule has 7 nitrogen and oxygen atoms in total. The molecule has 0 spiro atoms. The van der Waals surface area contributed by atoms with Gasteiger partial charge in [0, 0.05) is 43.3 Å². The van der Waals surface area contributed by atoms with Gasteiger partial charge in [-0.3, -0.25) is 0 Å². The summed E-state index contributed by atoms with van der Waals surface area (Å²) in [5.74, 6) is 0.662. The van der Waals surface area contributed by atoms with E-state index < -0.39 is 0 Å². The van der Waals surface area contributed by atoms with Crippen molar-refractivity contribution >= 4 is 11.8 Å². The largest absolute Gasteiger partial charge is 0.354 e. The van der Waals surface area contributed by atoms with Gasteiger partial charge in [-0.15, -0.1) is 0 Å². The number of carbonyl (C=O) groups is 1. The van der Waals surface area contributed by atoms with Gasteiger partial charge in [-0.1, -0.05) is 19.9 Å². The van der Waals surface area contributed by atoms with Crippen molar-refractivity contribution in [2.75, 3.05) is 37.6 Å². The highest BCUT2D eigenvalue weighted by Crippen LogP contribution is 2.30. The highest BCUT2D eigenvalue weighted by atomic mass is 19.1. The van der Waals surface area contributed by atoms with Crippen molar-refractivity contribution in [2.45, 2.75) is 73.0 Å². The molecule has 3 rings (SSSR count). The van der Waals surface area contributed by atoms with E-state index in [9.17, 15) is 9.18 Å². The van der Waals surface area contributed by atoms with Gasteiger partial charge in [-0.05, 0) is 65.8 Å². The van der Waals surface area contributed by atoms with Crippen LogP contribution in [0, 0.1) is 12.7 Å². The van der Waals surface area contributed by atoms with Crippen LogP contribution >= 0.6 is 0 Å². The molecular formula is C26H41FN6O. The van der Waals surface area contributed by atoms with Crippen molar-refractivity contribution in [3.63, 3.8) is 0 Å². The molecular weight excluding hydrogens is 431 g/mol. The Kier molecular flexibility index (Phi) is 8.23. The molecule has 2 aromatic rings. The first kappa shape index (κ1) is 26.0.